The summed E-state index contributed by atoms with van der Waals surface area (Å²) in [6, 6.07) is -0.545. The molecule has 3 atom stereocenters. The maximum absolute atomic E-state index is 13.0. The number of methoxy groups -OCH3 is 1. The number of hydrogen-bond donors (Lipinski definition) is 1. The predicted octanol–water partition coefficient (Wildman–Crippen LogP) is 3.03. The highest BCUT2D eigenvalue weighted by molar-refractivity contribution is 9.10. The van der Waals surface area contributed by atoms with E-state index in [-0.39, 0.29) is 27.5 Å². The molecule has 22 heavy (non-hydrogen) atoms. The number of amides is 1. The van der Waals surface area contributed by atoms with E-state index in [4.69, 9.17) is 4.74 Å². The van der Waals surface area contributed by atoms with Gasteiger partial charge in [0, 0.05) is 4.32 Å². The summed E-state index contributed by atoms with van der Waals surface area (Å²) in [6.07, 6.45) is 6.54. The van der Waals surface area contributed by atoms with Gasteiger partial charge in [0.2, 0.25) is 5.91 Å². The van der Waals surface area contributed by atoms with Gasteiger partial charge in [0.15, 0.2) is 0 Å². The van der Waals surface area contributed by atoms with E-state index >= 15 is 0 Å². The normalized spacial score (nSPS) is 40.6. The number of rotatable bonds is 4. The lowest BCUT2D eigenvalue weighted by Crippen LogP contribution is -2.60. The number of esters is 1. The molecule has 1 N–H and O–H groups in total. The highest BCUT2D eigenvalue weighted by atomic mass is 79.9. The maximum Gasteiger partial charge on any atom is 0.328 e. The lowest BCUT2D eigenvalue weighted by atomic mass is 9.49. The van der Waals surface area contributed by atoms with Crippen LogP contribution in [0.4, 0.5) is 0 Å². The van der Waals surface area contributed by atoms with E-state index in [9.17, 15) is 9.59 Å². The lowest BCUT2D eigenvalue weighted by Gasteiger charge is -2.59. The molecule has 4 rings (SSSR count). The second kappa shape index (κ2) is 5.50. The highest BCUT2D eigenvalue weighted by Crippen LogP contribution is 2.64. The van der Waals surface area contributed by atoms with Crippen LogP contribution in [0.25, 0.3) is 0 Å². The third-order valence-corrected chi connectivity index (χ3v) is 6.81. The minimum absolute atomic E-state index is 0.0308. The molecule has 0 saturated heterocycles. The molecule has 0 aromatic rings. The summed E-state index contributed by atoms with van der Waals surface area (Å²) in [5.41, 5.74) is -0.283. The van der Waals surface area contributed by atoms with Crippen LogP contribution in [0.5, 0.6) is 0 Å². The van der Waals surface area contributed by atoms with Crippen molar-refractivity contribution in [3.05, 3.63) is 0 Å². The molecule has 1 amide bonds. The number of hydrogen-bond acceptors (Lipinski definition) is 3. The van der Waals surface area contributed by atoms with E-state index in [2.05, 4.69) is 21.2 Å². The van der Waals surface area contributed by atoms with E-state index in [1.54, 1.807) is 0 Å². The zero-order valence-electron chi connectivity index (χ0n) is 13.7. The zero-order valence-corrected chi connectivity index (χ0v) is 15.2. The van der Waals surface area contributed by atoms with Gasteiger partial charge in [-0.15, -0.1) is 0 Å². The molecule has 4 bridgehead atoms. The van der Waals surface area contributed by atoms with E-state index in [1.165, 1.54) is 26.4 Å². The van der Waals surface area contributed by atoms with Gasteiger partial charge in [0.25, 0.3) is 0 Å². The lowest BCUT2D eigenvalue weighted by molar-refractivity contribution is -0.152. The first kappa shape index (κ1) is 16.3. The van der Waals surface area contributed by atoms with Crippen LogP contribution in [0.2, 0.25) is 0 Å². The Balaban J connectivity index is 1.78. The van der Waals surface area contributed by atoms with Crippen molar-refractivity contribution < 1.29 is 14.3 Å². The summed E-state index contributed by atoms with van der Waals surface area (Å²) in [5, 5.41) is 3.01. The quantitative estimate of drug-likeness (QED) is 0.610. The average Bonchev–Trinajstić information content (AvgIpc) is 2.40. The summed E-state index contributed by atoms with van der Waals surface area (Å²) in [4.78, 5) is 25.0. The van der Waals surface area contributed by atoms with Gasteiger partial charge in [-0.25, -0.2) is 4.79 Å². The summed E-state index contributed by atoms with van der Waals surface area (Å²) in [7, 11) is 1.38. The van der Waals surface area contributed by atoms with Crippen LogP contribution in [0.15, 0.2) is 0 Å². The van der Waals surface area contributed by atoms with Crippen LogP contribution in [-0.4, -0.2) is 29.4 Å². The first-order valence-corrected chi connectivity index (χ1v) is 9.14. The maximum atomic E-state index is 13.0. The van der Waals surface area contributed by atoms with Gasteiger partial charge in [-0.2, -0.15) is 0 Å². The SMILES string of the molecule is COC(=O)[C@H](NC(=O)C12C[C@@H]3C[C@H](CC(Br)(C3)C1)C2)C(C)C. The van der Waals surface area contributed by atoms with Crippen LogP contribution >= 0.6 is 15.9 Å². The van der Waals surface area contributed by atoms with Gasteiger partial charge in [0.1, 0.15) is 6.04 Å². The van der Waals surface area contributed by atoms with Crippen LogP contribution in [0.1, 0.15) is 52.4 Å². The van der Waals surface area contributed by atoms with Crippen molar-refractivity contribution in [1.29, 1.82) is 0 Å². The number of alkyl halides is 1. The molecule has 4 aliphatic rings. The molecule has 124 valence electrons. The summed E-state index contributed by atoms with van der Waals surface area (Å²) >= 11 is 3.93. The van der Waals surface area contributed by atoms with Gasteiger partial charge in [-0.1, -0.05) is 29.8 Å². The second-order valence-electron chi connectivity index (χ2n) is 8.11. The number of halogens is 1. The standard InChI is InChI=1S/C17H26BrNO3/c1-10(2)13(14(20)22-3)19-15(21)16-5-11-4-12(6-16)8-17(18,7-11)9-16/h10-13H,4-9H2,1-3H3,(H,19,21)/t11-,12-,13+,16?,17?/m0/s1. The first-order chi connectivity index (χ1) is 10.3. The van der Waals surface area contributed by atoms with Crippen molar-refractivity contribution in [3.63, 3.8) is 0 Å². The molecule has 0 aliphatic heterocycles. The predicted molar refractivity (Wildman–Crippen MR) is 87.6 cm³/mol. The fourth-order valence-electron chi connectivity index (χ4n) is 5.34. The third-order valence-electron chi connectivity index (χ3n) is 5.88. The smallest absolute Gasteiger partial charge is 0.328 e. The minimum atomic E-state index is -0.545. The van der Waals surface area contributed by atoms with Crippen LogP contribution in [-0.2, 0) is 14.3 Å². The Morgan fingerprint density at radius 1 is 1.18 bits per heavy atom. The summed E-state index contributed by atoms with van der Waals surface area (Å²) < 4.78 is 5.00. The Kier molecular flexibility index (Phi) is 4.07. The molecule has 4 nitrogen and oxygen atoms in total. The largest absolute Gasteiger partial charge is 0.467 e. The molecular formula is C17H26BrNO3. The van der Waals surface area contributed by atoms with Gasteiger partial charge in [0.05, 0.1) is 12.5 Å². The summed E-state index contributed by atoms with van der Waals surface area (Å²) in [5.74, 6) is 1.06. The molecule has 4 aliphatic carbocycles. The van der Waals surface area contributed by atoms with Gasteiger partial charge in [-0.05, 0) is 56.3 Å². The number of ether oxygens (including phenoxy) is 1. The third kappa shape index (κ3) is 2.70. The van der Waals surface area contributed by atoms with E-state index in [1.807, 2.05) is 13.8 Å². The average molecular weight is 372 g/mol. The van der Waals surface area contributed by atoms with Gasteiger partial charge < -0.3 is 10.1 Å². The van der Waals surface area contributed by atoms with Crippen molar-refractivity contribution in [3.8, 4) is 0 Å². The van der Waals surface area contributed by atoms with Gasteiger partial charge >= 0.3 is 5.97 Å². The van der Waals surface area contributed by atoms with Crippen molar-refractivity contribution in [1.82, 2.24) is 5.32 Å². The Morgan fingerprint density at radius 2 is 1.77 bits per heavy atom. The van der Waals surface area contributed by atoms with E-state index in [0.717, 1.165) is 19.3 Å². The molecule has 4 fully saturated rings. The Morgan fingerprint density at radius 3 is 2.23 bits per heavy atom. The molecule has 0 heterocycles. The fraction of sp³-hybridized carbons (Fsp3) is 0.882. The molecule has 0 radical (unpaired) electrons. The van der Waals surface area contributed by atoms with Crippen LogP contribution in [0.3, 0.4) is 0 Å². The highest BCUT2D eigenvalue weighted by Gasteiger charge is 2.60. The van der Waals surface area contributed by atoms with Crippen molar-refractivity contribution in [2.45, 2.75) is 62.7 Å². The monoisotopic (exact) mass is 371 g/mol. The van der Waals surface area contributed by atoms with E-state index in [0.29, 0.717) is 11.8 Å². The number of carbonyl (C=O) groups is 2. The fourth-order valence-corrected chi connectivity index (χ4v) is 6.79. The minimum Gasteiger partial charge on any atom is -0.467 e. The first-order valence-electron chi connectivity index (χ1n) is 8.35. The molecule has 0 unspecified atom stereocenters. The Bertz CT molecular complexity index is 476. The Labute approximate surface area is 140 Å². The summed E-state index contributed by atoms with van der Waals surface area (Å²) in [6.45, 7) is 3.88. The molecular weight excluding hydrogens is 346 g/mol. The van der Waals surface area contributed by atoms with Gasteiger partial charge in [-0.3, -0.25) is 4.79 Å². The Hall–Kier alpha value is -0.580. The van der Waals surface area contributed by atoms with Crippen molar-refractivity contribution >= 4 is 27.8 Å². The second-order valence-corrected chi connectivity index (χ2v) is 9.79. The van der Waals surface area contributed by atoms with Crippen LogP contribution < -0.4 is 5.32 Å². The van der Waals surface area contributed by atoms with E-state index < -0.39 is 6.04 Å². The van der Waals surface area contributed by atoms with Crippen molar-refractivity contribution in [2.75, 3.05) is 7.11 Å². The molecule has 0 aromatic heterocycles. The molecule has 5 heteroatoms. The number of carbonyl (C=O) groups excluding carboxylic acids is 2. The number of nitrogens with one attached hydrogen (secondary N) is 1. The molecule has 0 spiro atoms. The van der Waals surface area contributed by atoms with Crippen LogP contribution in [0, 0.1) is 23.2 Å². The molecule has 0 aromatic carbocycles. The molecule has 4 saturated carbocycles. The topological polar surface area (TPSA) is 55.4 Å². The van der Waals surface area contributed by atoms with Crippen molar-refractivity contribution in [2.24, 2.45) is 23.2 Å². The zero-order chi connectivity index (χ0) is 16.1.